The van der Waals surface area contributed by atoms with Gasteiger partial charge in [0, 0.05) is 27.7 Å². The predicted octanol–water partition coefficient (Wildman–Crippen LogP) is 4.74. The monoisotopic (exact) mass is 635 g/mol. The van der Waals surface area contributed by atoms with Gasteiger partial charge in [-0.15, -0.1) is 6.58 Å². The molecule has 1 aromatic carbocycles. The van der Waals surface area contributed by atoms with E-state index in [0.29, 0.717) is 17.0 Å². The number of ether oxygens (including phenoxy) is 1. The number of hydrogen-bond acceptors (Lipinski definition) is 7. The number of carbonyl (C=O) groups is 1. The van der Waals surface area contributed by atoms with Crippen LogP contribution >= 0.6 is 15.9 Å². The van der Waals surface area contributed by atoms with Crippen molar-refractivity contribution < 1.29 is 27.8 Å². The molecule has 1 amide bonds. The Hall–Kier alpha value is -3.71. The standard InChI is InChI=1S/C28H29BrF3N5O4/c1-5-15(2)34-27-35-23-13-36(25(39)18-6-8-22(29)21(11-18)28(30,31)32)16(3)10-20(23)26(40)37(27)24-9-7-19(12-33-24)41-14-17(4)38/h5-9,11-12,15-17,38H,1,10,13-14H2,2-4H3,(H,34,35)/t15-,16+,17+/m0/s1. The van der Waals surface area contributed by atoms with E-state index in [1.165, 1.54) is 27.8 Å². The maximum absolute atomic E-state index is 13.8. The van der Waals surface area contributed by atoms with Crippen molar-refractivity contribution in [2.45, 2.75) is 58.1 Å². The second-order valence-corrected chi connectivity index (χ2v) is 10.7. The van der Waals surface area contributed by atoms with Crippen LogP contribution in [0.3, 0.4) is 0 Å². The number of aliphatic hydroxyl groups is 1. The highest BCUT2D eigenvalue weighted by Gasteiger charge is 2.36. The lowest BCUT2D eigenvalue weighted by molar-refractivity contribution is -0.138. The summed E-state index contributed by atoms with van der Waals surface area (Å²) in [6.07, 6.45) is -2.11. The zero-order valence-corrected chi connectivity index (χ0v) is 24.2. The lowest BCUT2D eigenvalue weighted by Gasteiger charge is -2.35. The molecule has 3 aromatic rings. The Kier molecular flexibility index (Phi) is 8.88. The van der Waals surface area contributed by atoms with Crippen molar-refractivity contribution in [1.82, 2.24) is 19.4 Å². The van der Waals surface area contributed by atoms with Crippen LogP contribution in [0.1, 0.15) is 48.0 Å². The summed E-state index contributed by atoms with van der Waals surface area (Å²) < 4.78 is 47.0. The molecule has 2 N–H and O–H groups in total. The molecule has 3 heterocycles. The molecule has 41 heavy (non-hydrogen) atoms. The van der Waals surface area contributed by atoms with Crippen LogP contribution in [0.15, 0.2) is 58.5 Å². The lowest BCUT2D eigenvalue weighted by atomic mass is 9.98. The number of carbonyl (C=O) groups excluding carboxylic acids is 1. The van der Waals surface area contributed by atoms with Gasteiger partial charge in [0.15, 0.2) is 0 Å². The highest BCUT2D eigenvalue weighted by molar-refractivity contribution is 9.10. The number of halogens is 4. The Bertz CT molecular complexity index is 1510. The molecule has 1 aliphatic rings. The van der Waals surface area contributed by atoms with Gasteiger partial charge in [-0.25, -0.2) is 14.5 Å². The van der Waals surface area contributed by atoms with Crippen LogP contribution in [-0.2, 0) is 19.1 Å². The van der Waals surface area contributed by atoms with Gasteiger partial charge in [-0.2, -0.15) is 13.2 Å². The molecule has 1 aliphatic heterocycles. The Balaban J connectivity index is 1.72. The second kappa shape index (κ2) is 12.0. The lowest BCUT2D eigenvalue weighted by Crippen LogP contribution is -2.46. The quantitative estimate of drug-likeness (QED) is 0.344. The molecular weight excluding hydrogens is 607 g/mol. The van der Waals surface area contributed by atoms with Gasteiger partial charge in [0.25, 0.3) is 11.5 Å². The van der Waals surface area contributed by atoms with Gasteiger partial charge in [0.05, 0.1) is 30.1 Å². The van der Waals surface area contributed by atoms with E-state index < -0.39 is 29.8 Å². The molecule has 0 radical (unpaired) electrons. The predicted molar refractivity (Wildman–Crippen MR) is 150 cm³/mol. The Labute approximate surface area is 242 Å². The molecule has 13 heteroatoms. The zero-order valence-electron chi connectivity index (χ0n) is 22.6. The molecule has 0 fully saturated rings. The van der Waals surface area contributed by atoms with E-state index in [2.05, 4.69) is 37.8 Å². The molecule has 3 atom stereocenters. The molecule has 0 unspecified atom stereocenters. The van der Waals surface area contributed by atoms with Crippen LogP contribution in [0.25, 0.3) is 5.82 Å². The summed E-state index contributed by atoms with van der Waals surface area (Å²) in [5, 5.41) is 12.6. The molecule has 0 aliphatic carbocycles. The number of anilines is 1. The van der Waals surface area contributed by atoms with Crippen molar-refractivity contribution in [2.75, 3.05) is 11.9 Å². The highest BCUT2D eigenvalue weighted by atomic mass is 79.9. The summed E-state index contributed by atoms with van der Waals surface area (Å²) in [5.41, 5.74) is -0.747. The maximum Gasteiger partial charge on any atom is 0.417 e. The average Bonchev–Trinajstić information content (AvgIpc) is 2.92. The first kappa shape index (κ1) is 30.3. The fourth-order valence-corrected chi connectivity index (χ4v) is 4.82. The van der Waals surface area contributed by atoms with Gasteiger partial charge in [0.1, 0.15) is 18.2 Å². The topological polar surface area (TPSA) is 110 Å². The number of hydrogen-bond donors (Lipinski definition) is 2. The summed E-state index contributed by atoms with van der Waals surface area (Å²) in [5.74, 6) is 0.243. The number of aliphatic hydroxyl groups excluding tert-OH is 1. The summed E-state index contributed by atoms with van der Waals surface area (Å²) in [6, 6.07) is 5.77. The molecule has 0 saturated carbocycles. The van der Waals surface area contributed by atoms with Crippen LogP contribution in [-0.4, -0.2) is 55.2 Å². The number of rotatable bonds is 8. The van der Waals surface area contributed by atoms with Gasteiger partial charge in [-0.05, 0) is 57.5 Å². The van der Waals surface area contributed by atoms with Crippen LogP contribution < -0.4 is 15.6 Å². The Morgan fingerprint density at radius 1 is 1.32 bits per heavy atom. The van der Waals surface area contributed by atoms with Crippen LogP contribution in [0.2, 0.25) is 0 Å². The van der Waals surface area contributed by atoms with E-state index in [0.717, 1.165) is 6.07 Å². The largest absolute Gasteiger partial charge is 0.489 e. The van der Waals surface area contributed by atoms with Gasteiger partial charge < -0.3 is 20.1 Å². The molecular formula is C28H29BrF3N5O4. The number of aromatic nitrogens is 3. The van der Waals surface area contributed by atoms with Crippen LogP contribution in [0.5, 0.6) is 5.75 Å². The average molecular weight is 636 g/mol. The smallest absolute Gasteiger partial charge is 0.417 e. The first-order valence-corrected chi connectivity index (χ1v) is 13.6. The highest BCUT2D eigenvalue weighted by Crippen LogP contribution is 2.36. The number of nitrogens with one attached hydrogen (secondary N) is 1. The molecule has 0 spiro atoms. The first-order chi connectivity index (χ1) is 19.3. The van der Waals surface area contributed by atoms with Crippen molar-refractivity contribution >= 4 is 27.8 Å². The van der Waals surface area contributed by atoms with Gasteiger partial charge in [-0.3, -0.25) is 9.59 Å². The minimum Gasteiger partial charge on any atom is -0.489 e. The second-order valence-electron chi connectivity index (χ2n) is 9.86. The fraction of sp³-hybridized carbons (Fsp3) is 0.357. The molecule has 0 saturated heterocycles. The summed E-state index contributed by atoms with van der Waals surface area (Å²) in [4.78, 5) is 37.6. The van der Waals surface area contributed by atoms with Crippen molar-refractivity contribution in [1.29, 1.82) is 0 Å². The summed E-state index contributed by atoms with van der Waals surface area (Å²) >= 11 is 2.90. The normalized spacial score (nSPS) is 16.5. The third kappa shape index (κ3) is 6.62. The summed E-state index contributed by atoms with van der Waals surface area (Å²) in [7, 11) is 0. The zero-order chi connectivity index (χ0) is 30.1. The van der Waals surface area contributed by atoms with Crippen molar-refractivity contribution in [3.8, 4) is 11.6 Å². The van der Waals surface area contributed by atoms with E-state index >= 15 is 0 Å². The van der Waals surface area contributed by atoms with Gasteiger partial charge in [0.2, 0.25) is 5.95 Å². The van der Waals surface area contributed by atoms with Crippen LogP contribution in [0, 0.1) is 0 Å². The van der Waals surface area contributed by atoms with Gasteiger partial charge >= 0.3 is 6.18 Å². The number of fused-ring (bicyclic) bond motifs is 1. The number of benzene rings is 1. The molecule has 4 rings (SSSR count). The maximum atomic E-state index is 13.8. The number of nitrogens with zero attached hydrogens (tertiary/aromatic N) is 4. The summed E-state index contributed by atoms with van der Waals surface area (Å²) in [6.45, 7) is 8.90. The SMILES string of the molecule is C=C[C@H](C)Nc1nc2c(c(=O)n1-c1ccc(OC[C@@H](C)O)cn1)C[C@@H](C)N(C(=O)c1ccc(Br)c(C(F)(F)F)c1)C2. The Morgan fingerprint density at radius 3 is 2.66 bits per heavy atom. The number of amides is 1. The van der Waals surface area contributed by atoms with E-state index in [-0.39, 0.29) is 53.0 Å². The molecule has 0 bridgehead atoms. The van der Waals surface area contributed by atoms with Crippen molar-refractivity contribution in [2.24, 2.45) is 0 Å². The minimum absolute atomic E-state index is 0.0699. The van der Waals surface area contributed by atoms with E-state index in [1.54, 1.807) is 32.1 Å². The van der Waals surface area contributed by atoms with E-state index in [4.69, 9.17) is 4.74 Å². The first-order valence-electron chi connectivity index (χ1n) is 12.8. The van der Waals surface area contributed by atoms with Crippen molar-refractivity contribution in [3.63, 3.8) is 0 Å². The molecule has 9 nitrogen and oxygen atoms in total. The van der Waals surface area contributed by atoms with Crippen LogP contribution in [0.4, 0.5) is 19.1 Å². The molecule has 218 valence electrons. The third-order valence-electron chi connectivity index (χ3n) is 6.54. The molecule has 2 aromatic heterocycles. The van der Waals surface area contributed by atoms with Gasteiger partial charge in [-0.1, -0.05) is 22.0 Å². The van der Waals surface area contributed by atoms with E-state index in [1.807, 2.05) is 6.92 Å². The van der Waals surface area contributed by atoms with E-state index in [9.17, 15) is 27.9 Å². The Morgan fingerprint density at radius 2 is 2.05 bits per heavy atom. The number of pyridine rings is 1. The number of alkyl halides is 3. The fourth-order valence-electron chi connectivity index (χ4n) is 4.35. The van der Waals surface area contributed by atoms with Crippen molar-refractivity contribution in [3.05, 3.63) is 86.4 Å². The minimum atomic E-state index is -4.64. The third-order valence-corrected chi connectivity index (χ3v) is 7.24.